The van der Waals surface area contributed by atoms with Gasteiger partial charge in [0.1, 0.15) is 56.0 Å². The number of rotatable bonds is 15. The fourth-order valence-electron chi connectivity index (χ4n) is 5.11. The first-order valence-electron chi connectivity index (χ1n) is 16.1. The van der Waals surface area contributed by atoms with Crippen LogP contribution in [0.2, 0.25) is 0 Å². The van der Waals surface area contributed by atoms with Crippen molar-refractivity contribution in [1.82, 2.24) is 0 Å². The van der Waals surface area contributed by atoms with Gasteiger partial charge in [0.2, 0.25) is 19.7 Å². The van der Waals surface area contributed by atoms with Crippen LogP contribution >= 0.6 is 22.9 Å². The predicted octanol–water partition coefficient (Wildman–Crippen LogP) is 10.1. The Morgan fingerprint density at radius 3 is 1.36 bits per heavy atom. The van der Waals surface area contributed by atoms with Crippen LogP contribution < -0.4 is 18.9 Å². The van der Waals surface area contributed by atoms with E-state index in [1.165, 1.54) is 91.0 Å². The molecule has 0 atom stereocenters. The zero-order valence-electron chi connectivity index (χ0n) is 29.2. The first kappa shape index (κ1) is 40.5. The molecule has 6 aromatic rings. The maximum absolute atomic E-state index is 13.5. The number of benzene rings is 6. The molecule has 0 saturated carbocycles. The van der Waals surface area contributed by atoms with Gasteiger partial charge in [-0.1, -0.05) is 11.1 Å². The highest BCUT2D eigenvalue weighted by Crippen LogP contribution is 2.51. The van der Waals surface area contributed by atoms with E-state index < -0.39 is 35.4 Å². The van der Waals surface area contributed by atoms with Crippen molar-refractivity contribution in [1.29, 1.82) is 0 Å². The van der Waals surface area contributed by atoms with E-state index >= 15 is 0 Å². The third-order valence-corrected chi connectivity index (χ3v) is 13.2. The average molecular weight is 841 g/mol. The van der Waals surface area contributed by atoms with Gasteiger partial charge in [0.25, 0.3) is 0 Å². The van der Waals surface area contributed by atoms with Crippen molar-refractivity contribution >= 4 is 42.6 Å². The van der Waals surface area contributed by atoms with E-state index in [0.29, 0.717) is 51.2 Å². The summed E-state index contributed by atoms with van der Waals surface area (Å²) in [5.41, 5.74) is 0.622. The van der Waals surface area contributed by atoms with Crippen molar-refractivity contribution < 1.29 is 64.1 Å². The molecule has 14 nitrogen and oxygen atoms in total. The van der Waals surface area contributed by atoms with Crippen LogP contribution in [0.25, 0.3) is 0 Å². The van der Waals surface area contributed by atoms with Crippen LogP contribution in [-0.2, 0) is 29.0 Å². The summed E-state index contributed by atoms with van der Waals surface area (Å²) in [6.45, 7) is 1.68. The lowest BCUT2D eigenvalue weighted by Gasteiger charge is -2.23. The molecule has 0 radical (unpaired) electrons. The molecule has 0 aromatic heterocycles. The molecule has 4 N–H and O–H groups in total. The smallest absolute Gasteiger partial charge is 0.206 e. The molecule has 0 unspecified atom stereocenters. The summed E-state index contributed by atoms with van der Waals surface area (Å²) in [5, 5.41) is 12.1. The van der Waals surface area contributed by atoms with Crippen molar-refractivity contribution in [3.8, 4) is 40.2 Å². The zero-order valence-corrected chi connectivity index (χ0v) is 32.5. The second-order valence-electron chi connectivity index (χ2n) is 11.7. The molecular formula is C38H32O14S4. The summed E-state index contributed by atoms with van der Waals surface area (Å²) in [6.07, 6.45) is 0. The van der Waals surface area contributed by atoms with Gasteiger partial charge < -0.3 is 32.6 Å². The summed E-state index contributed by atoms with van der Waals surface area (Å²) >= 11 is 0.577. The molecule has 6 aromatic carbocycles. The van der Waals surface area contributed by atoms with Crippen LogP contribution in [0.5, 0.6) is 40.2 Å². The minimum Gasteiger partial charge on any atom is -0.497 e. The summed E-state index contributed by atoms with van der Waals surface area (Å²) in [5.74, 6) is 2.32. The van der Waals surface area contributed by atoms with Crippen molar-refractivity contribution in [2.45, 2.75) is 36.3 Å². The van der Waals surface area contributed by atoms with E-state index in [0.717, 1.165) is 6.07 Å². The van der Waals surface area contributed by atoms with Gasteiger partial charge in [0, 0.05) is 4.90 Å². The third-order valence-electron chi connectivity index (χ3n) is 8.00. The second-order valence-corrected chi connectivity index (χ2v) is 17.8. The molecule has 292 valence electrons. The Labute approximate surface area is 327 Å². The van der Waals surface area contributed by atoms with Crippen LogP contribution in [-0.4, -0.2) is 42.9 Å². The zero-order chi connectivity index (χ0) is 40.1. The fourth-order valence-corrected chi connectivity index (χ4v) is 8.97. The monoisotopic (exact) mass is 840 g/mol. The number of hydrogen-bond donors (Lipinski definition) is 4. The molecule has 0 bridgehead atoms. The maximum atomic E-state index is 13.5. The Kier molecular flexibility index (Phi) is 12.3. The molecule has 0 saturated heterocycles. The van der Waals surface area contributed by atoms with Gasteiger partial charge in [-0.2, -0.15) is 0 Å². The highest BCUT2D eigenvalue weighted by atomic mass is 32.3. The van der Waals surface area contributed by atoms with Gasteiger partial charge in [0.15, 0.2) is 0 Å². The normalized spacial score (nSPS) is 12.2. The molecule has 0 aliphatic heterocycles. The van der Waals surface area contributed by atoms with Gasteiger partial charge in [-0.3, -0.25) is 0 Å². The average Bonchev–Trinajstić information content (AvgIpc) is 3.18. The second kappa shape index (κ2) is 16.9. The van der Waals surface area contributed by atoms with Gasteiger partial charge in [-0.25, -0.2) is 22.1 Å². The van der Waals surface area contributed by atoms with Crippen molar-refractivity contribution in [3.63, 3.8) is 0 Å². The molecule has 18 heteroatoms. The molecule has 0 spiro atoms. The van der Waals surface area contributed by atoms with Gasteiger partial charge in [0.05, 0.1) is 38.7 Å². The van der Waals surface area contributed by atoms with Crippen LogP contribution in [0.3, 0.4) is 0 Å². The molecule has 0 aliphatic carbocycles. The summed E-state index contributed by atoms with van der Waals surface area (Å²) in [4.78, 5) is -0.692. The summed E-state index contributed by atoms with van der Waals surface area (Å²) in [7, 11) is -11.0. The summed E-state index contributed by atoms with van der Waals surface area (Å²) < 4.78 is 111. The van der Waals surface area contributed by atoms with Gasteiger partial charge in [-0.15, -0.1) is 4.33 Å². The molecule has 0 fully saturated rings. The lowest BCUT2D eigenvalue weighted by atomic mass is 10.2. The van der Waals surface area contributed by atoms with E-state index in [4.69, 9.17) is 24.2 Å². The minimum absolute atomic E-state index is 0.0484. The fraction of sp³-hybridized carbons (Fsp3) is 0.0526. The van der Waals surface area contributed by atoms with Gasteiger partial charge in [-0.05, 0) is 140 Å². The molecule has 6 rings (SSSR count). The quantitative estimate of drug-likeness (QED) is 0.0431. The van der Waals surface area contributed by atoms with Crippen molar-refractivity contribution in [2.24, 2.45) is 0 Å². The van der Waals surface area contributed by atoms with E-state index in [-0.39, 0.29) is 31.1 Å². The Hall–Kier alpha value is -5.12. The van der Waals surface area contributed by atoms with Crippen LogP contribution in [0.1, 0.15) is 5.56 Å². The highest BCUT2D eigenvalue weighted by Gasteiger charge is 2.27. The Morgan fingerprint density at radius 1 is 0.500 bits per heavy atom. The molecule has 0 heterocycles. The number of methoxy groups -OCH3 is 1. The number of hydrogen-bond acceptors (Lipinski definition) is 15. The van der Waals surface area contributed by atoms with Crippen LogP contribution in [0.15, 0.2) is 163 Å². The number of aryl methyl sites for hydroxylation is 1. The number of ether oxygens (including phenoxy) is 4. The van der Waals surface area contributed by atoms with Crippen molar-refractivity contribution in [2.75, 3.05) is 7.11 Å². The topological polar surface area (TPSA) is 205 Å². The first-order valence-corrected chi connectivity index (χ1v) is 21.3. The van der Waals surface area contributed by atoms with E-state index in [1.54, 1.807) is 50.4 Å². The molecule has 0 aliphatic rings. The Bertz CT molecular complexity index is 2520. The van der Waals surface area contributed by atoms with E-state index in [9.17, 15) is 30.5 Å². The number of sulfone groups is 2. The van der Waals surface area contributed by atoms with E-state index in [2.05, 4.69) is 9.37 Å². The van der Waals surface area contributed by atoms with Crippen LogP contribution in [0, 0.1) is 6.92 Å². The predicted molar refractivity (Wildman–Crippen MR) is 205 cm³/mol. The molecule has 56 heavy (non-hydrogen) atoms. The lowest BCUT2D eigenvalue weighted by Crippen LogP contribution is -2.06. The van der Waals surface area contributed by atoms with Gasteiger partial charge >= 0.3 is 0 Å². The Morgan fingerprint density at radius 2 is 0.893 bits per heavy atom. The molecular weight excluding hydrogens is 809 g/mol. The lowest BCUT2D eigenvalue weighted by molar-refractivity contribution is -0.432. The largest absolute Gasteiger partial charge is 0.497 e. The standard InChI is InChI=1S/C38H32O14S4/c1-25-3-16-34(23-37(25)53-52-51-39)55(42,43)35-21-22-36(38(24-35)56(44,45)46)50-31-10-8-28(9-11-31)49-30-14-19-33(20-15-30)54(40,41)32-17-12-29(13-18-32)48-27-6-4-26(47-2)5-7-27/h3-24,39,44-46H,1-2H3. The Balaban J connectivity index is 1.12. The van der Waals surface area contributed by atoms with Crippen LogP contribution in [0.4, 0.5) is 0 Å². The highest BCUT2D eigenvalue weighted by molar-refractivity contribution is 8.19. The summed E-state index contributed by atoms with van der Waals surface area (Å²) in [6, 6.07) is 32.2. The third kappa shape index (κ3) is 9.45. The molecule has 0 amide bonds. The SMILES string of the molecule is COc1ccc(Oc2ccc(S(=O)(=O)c3ccc(Oc4ccc(Oc5ccc(S(=O)(=O)c6ccc(C)c(SOOO)c6)cc5S(O)(O)O)cc4)cc3)cc2)cc1. The minimum atomic E-state index is -4.48. The first-order chi connectivity index (χ1) is 26.7. The van der Waals surface area contributed by atoms with E-state index in [1.807, 2.05) is 0 Å². The maximum Gasteiger partial charge on any atom is 0.206 e. The van der Waals surface area contributed by atoms with Crippen molar-refractivity contribution in [3.05, 3.63) is 139 Å².